The van der Waals surface area contributed by atoms with Crippen LogP contribution in [0.15, 0.2) is 53.3 Å². The minimum absolute atomic E-state index is 0.139. The average molecular weight is 564 g/mol. The molecule has 2 aromatic carbocycles. The van der Waals surface area contributed by atoms with Crippen LogP contribution < -0.4 is 4.87 Å². The molecule has 216 valence electrons. The highest BCUT2D eigenvalue weighted by atomic mass is 32.1. The van der Waals surface area contributed by atoms with Crippen molar-refractivity contribution in [3.8, 4) is 0 Å². The maximum absolute atomic E-state index is 12.8. The van der Waals surface area contributed by atoms with E-state index in [2.05, 4.69) is 52.3 Å². The molecule has 0 unspecified atom stereocenters. The van der Waals surface area contributed by atoms with Crippen LogP contribution in [0.5, 0.6) is 0 Å². The molecule has 2 saturated heterocycles. The molecule has 5 rings (SSSR count). The lowest BCUT2D eigenvalue weighted by molar-refractivity contribution is -0.124. The molecule has 0 radical (unpaired) electrons. The van der Waals surface area contributed by atoms with E-state index in [4.69, 9.17) is 4.74 Å². The summed E-state index contributed by atoms with van der Waals surface area (Å²) in [6.45, 7) is 8.47. The summed E-state index contributed by atoms with van der Waals surface area (Å²) in [5.41, 5.74) is 3.75. The van der Waals surface area contributed by atoms with E-state index >= 15 is 0 Å². The van der Waals surface area contributed by atoms with Crippen LogP contribution in [0.1, 0.15) is 56.1 Å². The molecule has 3 aromatic rings. The third-order valence-electron chi connectivity index (χ3n) is 8.69. The molecular weight excluding hydrogens is 518 g/mol. The van der Waals surface area contributed by atoms with Crippen molar-refractivity contribution >= 4 is 27.3 Å². The van der Waals surface area contributed by atoms with E-state index in [-0.39, 0.29) is 10.8 Å². The topological polar surface area (TPSA) is 54.8 Å². The lowest BCUT2D eigenvalue weighted by Gasteiger charge is -2.31. The number of Topliss-reactive ketones (excluding diaryl/α,β-unsaturated/α-hetero) is 1. The minimum Gasteiger partial charge on any atom is -0.379 e. The van der Waals surface area contributed by atoms with Gasteiger partial charge in [0.1, 0.15) is 5.78 Å². The van der Waals surface area contributed by atoms with E-state index in [1.807, 2.05) is 10.6 Å². The van der Waals surface area contributed by atoms with Crippen LogP contribution in [-0.4, -0.2) is 72.6 Å². The third kappa shape index (κ3) is 8.35. The SMILES string of the molecule is O=C(CCCCc1ccccc1)C1CCN(CCn2c(=O)sc3cc(CCCCN4CCOCC4)ccc32)CC1. The zero-order valence-corrected chi connectivity index (χ0v) is 24.7. The van der Waals surface area contributed by atoms with Gasteiger partial charge >= 0.3 is 4.87 Å². The number of unbranched alkanes of at least 4 members (excludes halogenated alkanes) is 2. The molecule has 40 heavy (non-hydrogen) atoms. The van der Waals surface area contributed by atoms with Crippen LogP contribution in [0.3, 0.4) is 0 Å². The predicted molar refractivity (Wildman–Crippen MR) is 164 cm³/mol. The summed E-state index contributed by atoms with van der Waals surface area (Å²) in [4.78, 5) is 30.6. The number of ketones is 1. The summed E-state index contributed by atoms with van der Waals surface area (Å²) in [5.74, 6) is 0.662. The molecule has 0 spiro atoms. The first-order chi connectivity index (χ1) is 19.7. The van der Waals surface area contributed by atoms with Gasteiger partial charge in [0.25, 0.3) is 0 Å². The largest absolute Gasteiger partial charge is 0.379 e. The van der Waals surface area contributed by atoms with Gasteiger partial charge in [0.15, 0.2) is 0 Å². The Morgan fingerprint density at radius 3 is 2.33 bits per heavy atom. The Morgan fingerprint density at radius 2 is 1.52 bits per heavy atom. The molecule has 0 bridgehead atoms. The standard InChI is InChI=1S/C33H45N3O3S/c37-31(12-5-4-10-27-8-2-1-3-9-27)29-15-18-35(19-16-29)20-21-36-30-14-13-28(26-32(30)40-33(36)38)11-6-7-17-34-22-24-39-25-23-34/h1-3,8-9,13-14,26,29H,4-7,10-12,15-25H2. The molecule has 0 aliphatic carbocycles. The van der Waals surface area contributed by atoms with Gasteiger partial charge in [0.2, 0.25) is 0 Å². The number of thiazole rings is 1. The molecule has 0 atom stereocenters. The molecule has 0 amide bonds. The van der Waals surface area contributed by atoms with E-state index < -0.39 is 0 Å². The number of carbonyl (C=O) groups is 1. The molecule has 3 heterocycles. The van der Waals surface area contributed by atoms with Gasteiger partial charge < -0.3 is 9.64 Å². The quantitative estimate of drug-likeness (QED) is 0.246. The zero-order valence-electron chi connectivity index (χ0n) is 23.9. The summed E-state index contributed by atoms with van der Waals surface area (Å²) in [6, 6.07) is 17.1. The Bertz CT molecular complexity index is 1260. The van der Waals surface area contributed by atoms with E-state index in [1.54, 1.807) is 0 Å². The number of morpholine rings is 1. The normalized spacial score (nSPS) is 17.5. The number of ether oxygens (including phenoxy) is 1. The van der Waals surface area contributed by atoms with Crippen LogP contribution in [0.25, 0.3) is 10.2 Å². The third-order valence-corrected chi connectivity index (χ3v) is 9.63. The summed E-state index contributed by atoms with van der Waals surface area (Å²) in [7, 11) is 0. The molecule has 0 N–H and O–H groups in total. The van der Waals surface area contributed by atoms with Gasteiger partial charge in [-0.1, -0.05) is 47.7 Å². The maximum atomic E-state index is 12.8. The van der Waals surface area contributed by atoms with Gasteiger partial charge in [-0.15, -0.1) is 0 Å². The number of rotatable bonds is 14. The second-order valence-electron chi connectivity index (χ2n) is 11.5. The fraction of sp³-hybridized carbons (Fsp3) is 0.576. The summed E-state index contributed by atoms with van der Waals surface area (Å²) < 4.78 is 8.49. The van der Waals surface area contributed by atoms with E-state index in [9.17, 15) is 9.59 Å². The first-order valence-corrected chi connectivity index (χ1v) is 16.2. The lowest BCUT2D eigenvalue weighted by atomic mass is 9.89. The highest BCUT2D eigenvalue weighted by Crippen LogP contribution is 2.23. The van der Waals surface area contributed by atoms with Gasteiger partial charge in [0.05, 0.1) is 23.4 Å². The molecule has 2 fully saturated rings. The number of aryl methyl sites for hydroxylation is 2. The second-order valence-corrected chi connectivity index (χ2v) is 12.5. The molecule has 6 nitrogen and oxygen atoms in total. The number of benzene rings is 2. The number of carbonyl (C=O) groups excluding carboxylic acids is 1. The summed E-state index contributed by atoms with van der Waals surface area (Å²) >= 11 is 1.38. The van der Waals surface area contributed by atoms with Gasteiger partial charge in [0, 0.05) is 38.5 Å². The molecular formula is C33H45N3O3S. The number of hydrogen-bond donors (Lipinski definition) is 0. The van der Waals surface area contributed by atoms with Crippen LogP contribution in [0, 0.1) is 5.92 Å². The Hall–Kier alpha value is -2.32. The van der Waals surface area contributed by atoms with Crippen molar-refractivity contribution < 1.29 is 9.53 Å². The zero-order chi connectivity index (χ0) is 27.6. The highest BCUT2D eigenvalue weighted by molar-refractivity contribution is 7.16. The van der Waals surface area contributed by atoms with Crippen molar-refractivity contribution in [3.63, 3.8) is 0 Å². The van der Waals surface area contributed by atoms with E-state index in [1.165, 1.54) is 35.3 Å². The van der Waals surface area contributed by atoms with Gasteiger partial charge in [-0.2, -0.15) is 0 Å². The van der Waals surface area contributed by atoms with Crippen LogP contribution in [0.4, 0.5) is 0 Å². The number of likely N-dealkylation sites (tertiary alicyclic amines) is 1. The monoisotopic (exact) mass is 563 g/mol. The smallest absolute Gasteiger partial charge is 0.308 e. The van der Waals surface area contributed by atoms with Gasteiger partial charge in [-0.3, -0.25) is 19.1 Å². The van der Waals surface area contributed by atoms with E-state index in [0.717, 1.165) is 108 Å². The number of piperidine rings is 1. The van der Waals surface area contributed by atoms with Gasteiger partial charge in [-0.05, 0) is 94.3 Å². The molecule has 2 aliphatic heterocycles. The second kappa shape index (κ2) is 15.1. The highest BCUT2D eigenvalue weighted by Gasteiger charge is 2.24. The van der Waals surface area contributed by atoms with Crippen molar-refractivity contribution in [1.82, 2.24) is 14.4 Å². The Labute approximate surface area is 242 Å². The fourth-order valence-electron chi connectivity index (χ4n) is 6.16. The van der Waals surface area contributed by atoms with Crippen LogP contribution in [0.2, 0.25) is 0 Å². The maximum Gasteiger partial charge on any atom is 0.308 e. The van der Waals surface area contributed by atoms with Crippen LogP contribution >= 0.6 is 11.3 Å². The summed E-state index contributed by atoms with van der Waals surface area (Å²) in [6.07, 6.45) is 9.16. The van der Waals surface area contributed by atoms with Crippen LogP contribution in [-0.2, 0) is 28.9 Å². The number of aromatic nitrogens is 1. The van der Waals surface area contributed by atoms with Crippen molar-refractivity contribution in [2.75, 3.05) is 52.5 Å². The lowest BCUT2D eigenvalue weighted by Crippen LogP contribution is -2.38. The summed E-state index contributed by atoms with van der Waals surface area (Å²) in [5, 5.41) is 0. The van der Waals surface area contributed by atoms with Crippen molar-refractivity contribution in [3.05, 3.63) is 69.3 Å². The van der Waals surface area contributed by atoms with Crippen molar-refractivity contribution in [2.24, 2.45) is 5.92 Å². The van der Waals surface area contributed by atoms with Crippen molar-refractivity contribution in [1.29, 1.82) is 0 Å². The molecule has 7 heteroatoms. The molecule has 2 aliphatic rings. The van der Waals surface area contributed by atoms with E-state index in [0.29, 0.717) is 12.2 Å². The number of hydrogen-bond acceptors (Lipinski definition) is 6. The van der Waals surface area contributed by atoms with Crippen molar-refractivity contribution in [2.45, 2.75) is 64.3 Å². The Balaban J connectivity index is 1.01. The average Bonchev–Trinajstić information content (AvgIpc) is 3.31. The first-order valence-electron chi connectivity index (χ1n) is 15.4. The Morgan fingerprint density at radius 1 is 0.800 bits per heavy atom. The molecule has 0 saturated carbocycles. The number of fused-ring (bicyclic) bond motifs is 1. The molecule has 1 aromatic heterocycles. The number of nitrogens with zero attached hydrogens (tertiary/aromatic N) is 3. The fourth-order valence-corrected chi connectivity index (χ4v) is 7.15. The van der Waals surface area contributed by atoms with Gasteiger partial charge in [-0.25, -0.2) is 0 Å². The predicted octanol–water partition coefficient (Wildman–Crippen LogP) is 5.41. The first kappa shape index (κ1) is 29.2. The minimum atomic E-state index is 0.139. The Kier molecular flexibility index (Phi) is 11.0.